The van der Waals surface area contributed by atoms with Crippen molar-refractivity contribution in [2.75, 3.05) is 17.6 Å². The van der Waals surface area contributed by atoms with Gasteiger partial charge in [-0.25, -0.2) is 27.0 Å². The molecule has 0 radical (unpaired) electrons. The topological polar surface area (TPSA) is 175 Å². The molecule has 0 unspecified atom stereocenters. The van der Waals surface area contributed by atoms with Gasteiger partial charge in [0.25, 0.3) is 5.56 Å². The third-order valence-corrected chi connectivity index (χ3v) is 10.1. The zero-order valence-electron chi connectivity index (χ0n) is 28.4. The Balaban J connectivity index is 1.52. The predicted octanol–water partition coefficient (Wildman–Crippen LogP) is 5.95. The molecule has 0 spiro atoms. The molecule has 0 saturated heterocycles. The summed E-state index contributed by atoms with van der Waals surface area (Å²) in [6.45, 7) is 1.33. The molecule has 1 atom stereocenters. The largest absolute Gasteiger partial charge is 0.497 e. The van der Waals surface area contributed by atoms with Gasteiger partial charge in [-0.2, -0.15) is 5.10 Å². The normalized spacial score (nSPS) is 12.2. The standard InChI is InChI=1S/C36H31ClF2N6O7S/c1-19(46)22-6-9-26-28(17-22)40-34(29(41-36(48)49)16-21-14-23(38)18-24(39)15-21)45(35(26)47)30-11-10-27(37)31-32(30)44(2)42-33(31)43-53(50,51)13-12-20-4-7-25(52-3)8-5-20/h4-11,14-15,17-18,29,41H,12-13,16H2,1-3H3,(H,42,43)(H,48,49)/t29-/m0/s1. The molecule has 13 nitrogen and oxygen atoms in total. The monoisotopic (exact) mass is 764 g/mol. The predicted molar refractivity (Wildman–Crippen MR) is 195 cm³/mol. The molecular formula is C36H31ClF2N6O7S. The molecule has 1 amide bonds. The van der Waals surface area contributed by atoms with E-state index in [4.69, 9.17) is 16.3 Å². The van der Waals surface area contributed by atoms with Crippen molar-refractivity contribution in [2.24, 2.45) is 7.05 Å². The highest BCUT2D eigenvalue weighted by atomic mass is 35.5. The zero-order chi connectivity index (χ0) is 38.2. The van der Waals surface area contributed by atoms with Gasteiger partial charge in [-0.15, -0.1) is 0 Å². The summed E-state index contributed by atoms with van der Waals surface area (Å²) in [5.41, 5.74) is 0.627. The molecule has 274 valence electrons. The van der Waals surface area contributed by atoms with Crippen LogP contribution in [0.2, 0.25) is 5.02 Å². The Labute approximate surface area is 305 Å². The van der Waals surface area contributed by atoms with Gasteiger partial charge in [-0.1, -0.05) is 29.8 Å². The molecule has 0 fully saturated rings. The number of anilines is 1. The van der Waals surface area contributed by atoms with E-state index >= 15 is 0 Å². The van der Waals surface area contributed by atoms with Crippen molar-refractivity contribution in [3.63, 3.8) is 0 Å². The number of halogens is 3. The van der Waals surface area contributed by atoms with Crippen LogP contribution in [-0.2, 0) is 29.9 Å². The lowest BCUT2D eigenvalue weighted by Crippen LogP contribution is -2.35. The molecule has 3 N–H and O–H groups in total. The maximum atomic E-state index is 14.5. The number of aromatic nitrogens is 4. The first-order chi connectivity index (χ1) is 25.1. The number of carboxylic acid groups (broad SMARTS) is 1. The summed E-state index contributed by atoms with van der Waals surface area (Å²) < 4.78 is 65.2. The second-order valence-corrected chi connectivity index (χ2v) is 14.4. The third kappa shape index (κ3) is 7.83. The van der Waals surface area contributed by atoms with Crippen LogP contribution in [0.5, 0.6) is 5.75 Å². The SMILES string of the molecule is COc1ccc(CCS(=O)(=O)Nc2nn(C)c3c(-n4c([C@H](Cc5cc(F)cc(F)c5)NC(=O)O)nc5cc(C(C)=O)ccc5c4=O)ccc(Cl)c23)cc1. The van der Waals surface area contributed by atoms with E-state index < -0.39 is 39.4 Å². The number of benzene rings is 4. The fourth-order valence-corrected chi connectivity index (χ4v) is 7.35. The number of fused-ring (bicyclic) bond motifs is 2. The minimum atomic E-state index is -4.01. The quantitative estimate of drug-likeness (QED) is 0.127. The molecule has 0 aliphatic heterocycles. The maximum Gasteiger partial charge on any atom is 0.405 e. The van der Waals surface area contributed by atoms with Crippen LogP contribution in [0.4, 0.5) is 19.4 Å². The molecule has 0 aliphatic rings. The molecule has 17 heteroatoms. The van der Waals surface area contributed by atoms with Crippen LogP contribution in [0.25, 0.3) is 27.5 Å². The molecule has 2 aromatic heterocycles. The average Bonchev–Trinajstić information content (AvgIpc) is 3.42. The van der Waals surface area contributed by atoms with E-state index in [0.29, 0.717) is 11.8 Å². The average molecular weight is 765 g/mol. The fraction of sp³-hybridized carbons (Fsp3) is 0.194. The zero-order valence-corrected chi connectivity index (χ0v) is 29.9. The van der Waals surface area contributed by atoms with Gasteiger partial charge in [0.15, 0.2) is 11.6 Å². The highest BCUT2D eigenvalue weighted by molar-refractivity contribution is 7.92. The number of nitrogens with one attached hydrogen (secondary N) is 2. The van der Waals surface area contributed by atoms with Crippen molar-refractivity contribution >= 4 is 61.1 Å². The van der Waals surface area contributed by atoms with Crippen molar-refractivity contribution in [3.8, 4) is 11.4 Å². The molecule has 0 aliphatic carbocycles. The Hall–Kier alpha value is -5.87. The Morgan fingerprint density at radius 3 is 2.34 bits per heavy atom. The van der Waals surface area contributed by atoms with Crippen LogP contribution in [0, 0.1) is 11.6 Å². The van der Waals surface area contributed by atoms with Gasteiger partial charge in [0.05, 0.1) is 51.4 Å². The second kappa shape index (κ2) is 14.6. The number of ketones is 1. The number of aryl methyl sites for hydroxylation is 2. The first-order valence-corrected chi connectivity index (χ1v) is 18.0. The molecule has 6 rings (SSSR count). The van der Waals surface area contributed by atoms with Crippen LogP contribution >= 0.6 is 11.6 Å². The first-order valence-electron chi connectivity index (χ1n) is 15.9. The van der Waals surface area contributed by atoms with E-state index in [1.165, 1.54) is 56.1 Å². The number of Topliss-reactive ketones (excluding diaryl/α,β-unsaturated/α-hetero) is 1. The van der Waals surface area contributed by atoms with E-state index in [9.17, 15) is 36.7 Å². The number of hydrogen-bond acceptors (Lipinski definition) is 8. The molecule has 0 saturated carbocycles. The van der Waals surface area contributed by atoms with E-state index in [-0.39, 0.29) is 79.7 Å². The van der Waals surface area contributed by atoms with E-state index in [0.717, 1.165) is 22.3 Å². The number of carbonyl (C=O) groups is 2. The number of hydrogen-bond donors (Lipinski definition) is 3. The number of ether oxygens (including phenoxy) is 1. The van der Waals surface area contributed by atoms with Crippen molar-refractivity contribution in [1.82, 2.24) is 24.6 Å². The van der Waals surface area contributed by atoms with Crippen LogP contribution in [-0.4, -0.2) is 57.6 Å². The lowest BCUT2D eigenvalue weighted by molar-refractivity contribution is 0.101. The minimum Gasteiger partial charge on any atom is -0.497 e. The van der Waals surface area contributed by atoms with Crippen LogP contribution in [0.3, 0.4) is 0 Å². The summed E-state index contributed by atoms with van der Waals surface area (Å²) in [5.74, 6) is -2.15. The Bertz CT molecular complexity index is 2570. The third-order valence-electron chi connectivity index (χ3n) is 8.50. The van der Waals surface area contributed by atoms with Gasteiger partial charge in [0.1, 0.15) is 23.2 Å². The Kier molecular flexibility index (Phi) is 10.2. The molecule has 4 aromatic carbocycles. The molecular weight excluding hydrogens is 734 g/mol. The van der Waals surface area contributed by atoms with Crippen LogP contribution < -0.4 is 20.3 Å². The first kappa shape index (κ1) is 36.9. The molecule has 2 heterocycles. The highest BCUT2D eigenvalue weighted by Gasteiger charge is 2.28. The maximum absolute atomic E-state index is 14.5. The minimum absolute atomic E-state index is 0.0488. The number of sulfonamides is 1. The summed E-state index contributed by atoms with van der Waals surface area (Å²) in [4.78, 5) is 43.5. The number of carbonyl (C=O) groups excluding carboxylic acids is 1. The van der Waals surface area contributed by atoms with E-state index in [1.807, 2.05) is 0 Å². The second-order valence-electron chi connectivity index (χ2n) is 12.2. The van der Waals surface area contributed by atoms with Gasteiger partial charge >= 0.3 is 6.09 Å². The van der Waals surface area contributed by atoms with Crippen LogP contribution in [0.15, 0.2) is 77.6 Å². The molecule has 53 heavy (non-hydrogen) atoms. The summed E-state index contributed by atoms with van der Waals surface area (Å²) in [7, 11) is -0.984. The molecule has 0 bridgehead atoms. The van der Waals surface area contributed by atoms with Gasteiger partial charge in [-0.05, 0) is 73.0 Å². The summed E-state index contributed by atoms with van der Waals surface area (Å²) >= 11 is 6.66. The Morgan fingerprint density at radius 2 is 1.70 bits per heavy atom. The lowest BCUT2D eigenvalue weighted by Gasteiger charge is -2.22. The van der Waals surface area contributed by atoms with Crippen molar-refractivity contribution in [1.29, 1.82) is 0 Å². The smallest absolute Gasteiger partial charge is 0.405 e. The van der Waals surface area contributed by atoms with Gasteiger partial charge < -0.3 is 15.2 Å². The summed E-state index contributed by atoms with van der Waals surface area (Å²) in [5, 5.41) is 16.8. The van der Waals surface area contributed by atoms with Crippen molar-refractivity contribution in [2.45, 2.75) is 25.8 Å². The van der Waals surface area contributed by atoms with Gasteiger partial charge in [0.2, 0.25) is 10.0 Å². The number of nitrogens with zero attached hydrogens (tertiary/aromatic N) is 4. The van der Waals surface area contributed by atoms with Gasteiger partial charge in [0, 0.05) is 25.1 Å². The highest BCUT2D eigenvalue weighted by Crippen LogP contribution is 2.36. The summed E-state index contributed by atoms with van der Waals surface area (Å²) in [6.07, 6.45) is -1.71. The Morgan fingerprint density at radius 1 is 1.00 bits per heavy atom. The lowest BCUT2D eigenvalue weighted by atomic mass is 10.0. The molecule has 6 aromatic rings. The van der Waals surface area contributed by atoms with E-state index in [2.05, 4.69) is 20.1 Å². The van der Waals surface area contributed by atoms with E-state index in [1.54, 1.807) is 24.3 Å². The number of methoxy groups -OCH3 is 1. The van der Waals surface area contributed by atoms with Crippen molar-refractivity contribution in [3.05, 3.63) is 122 Å². The van der Waals surface area contributed by atoms with Gasteiger partial charge in [-0.3, -0.25) is 23.6 Å². The number of amides is 1. The van der Waals surface area contributed by atoms with Crippen molar-refractivity contribution < 1.29 is 36.6 Å². The summed E-state index contributed by atoms with van der Waals surface area (Å²) in [6, 6.07) is 15.3. The number of rotatable bonds is 12. The fourth-order valence-electron chi connectivity index (χ4n) is 6.06. The van der Waals surface area contributed by atoms with Crippen LogP contribution in [0.1, 0.15) is 40.3 Å².